The van der Waals surface area contributed by atoms with Gasteiger partial charge in [0, 0.05) is 12.1 Å². The average molecular weight is 360 g/mol. The molecule has 2 aromatic rings. The van der Waals surface area contributed by atoms with E-state index in [4.69, 9.17) is 5.84 Å². The molecule has 0 saturated heterocycles. The van der Waals surface area contributed by atoms with Crippen molar-refractivity contribution in [1.82, 2.24) is 10.6 Å². The fourth-order valence-electron chi connectivity index (χ4n) is 3.75. The third-order valence-electron chi connectivity index (χ3n) is 5.42. The highest BCUT2D eigenvalue weighted by atomic mass is 16.2. The molecule has 2 amide bonds. The number of anilines is 1. The maximum Gasteiger partial charge on any atom is 0.245 e. The second kappa shape index (κ2) is 5.96. The van der Waals surface area contributed by atoms with Crippen molar-refractivity contribution in [2.24, 2.45) is 11.8 Å². The van der Waals surface area contributed by atoms with Crippen LogP contribution in [0.15, 0.2) is 36.4 Å². The van der Waals surface area contributed by atoms with Gasteiger partial charge in [0.2, 0.25) is 11.8 Å². The molecular formula is C21H20N4O2. The van der Waals surface area contributed by atoms with Crippen LogP contribution in [0.25, 0.3) is 23.4 Å². The van der Waals surface area contributed by atoms with E-state index in [9.17, 15) is 9.59 Å². The Labute approximate surface area is 156 Å². The minimum atomic E-state index is -0.180. The van der Waals surface area contributed by atoms with Crippen LogP contribution in [-0.4, -0.2) is 18.0 Å². The molecule has 6 nitrogen and oxygen atoms in total. The summed E-state index contributed by atoms with van der Waals surface area (Å²) in [5.74, 6) is 6.07. The van der Waals surface area contributed by atoms with Crippen molar-refractivity contribution in [2.75, 3.05) is 5.01 Å². The summed E-state index contributed by atoms with van der Waals surface area (Å²) in [5.41, 5.74) is 3.80. The van der Waals surface area contributed by atoms with Crippen molar-refractivity contribution in [1.29, 1.82) is 0 Å². The third-order valence-corrected chi connectivity index (χ3v) is 5.42. The Bertz CT molecular complexity index is 1090. The van der Waals surface area contributed by atoms with E-state index in [1.165, 1.54) is 5.01 Å². The Morgan fingerprint density at radius 2 is 2.04 bits per heavy atom. The first-order valence-electron chi connectivity index (χ1n) is 9.18. The summed E-state index contributed by atoms with van der Waals surface area (Å²) >= 11 is 0. The second-order valence-electron chi connectivity index (χ2n) is 7.33. The average Bonchev–Trinajstić information content (AvgIpc) is 3.48. The van der Waals surface area contributed by atoms with Gasteiger partial charge >= 0.3 is 0 Å². The van der Waals surface area contributed by atoms with Gasteiger partial charge in [-0.25, -0.2) is 10.9 Å². The quantitative estimate of drug-likeness (QED) is 0.535. The Balaban J connectivity index is 1.48. The molecule has 0 aromatic heterocycles. The lowest BCUT2D eigenvalue weighted by Crippen LogP contribution is -2.48. The van der Waals surface area contributed by atoms with E-state index in [1.54, 1.807) is 0 Å². The zero-order valence-corrected chi connectivity index (χ0v) is 14.7. The Morgan fingerprint density at radius 3 is 2.85 bits per heavy atom. The van der Waals surface area contributed by atoms with Crippen LogP contribution < -0.4 is 31.9 Å². The number of hydrogen-bond acceptors (Lipinski definition) is 4. The normalized spacial score (nSPS) is 20.1. The molecule has 4 N–H and O–H groups in total. The van der Waals surface area contributed by atoms with E-state index >= 15 is 0 Å². The summed E-state index contributed by atoms with van der Waals surface area (Å²) in [5, 5.41) is 9.61. The second-order valence-corrected chi connectivity index (χ2v) is 7.33. The minimum absolute atomic E-state index is 0.0915. The molecule has 6 heteroatoms. The van der Waals surface area contributed by atoms with Crippen LogP contribution in [0.3, 0.4) is 0 Å². The highest BCUT2D eigenvalue weighted by Crippen LogP contribution is 2.34. The van der Waals surface area contributed by atoms with E-state index < -0.39 is 0 Å². The largest absolute Gasteiger partial charge is 0.368 e. The molecule has 1 atom stereocenters. The lowest BCUT2D eigenvalue weighted by atomic mass is 9.96. The van der Waals surface area contributed by atoms with Gasteiger partial charge in [0.1, 0.15) is 6.17 Å². The van der Waals surface area contributed by atoms with Gasteiger partial charge in [-0.2, -0.15) is 0 Å². The number of nitrogens with one attached hydrogen (secondary N) is 2. The molecule has 2 heterocycles. The topological polar surface area (TPSA) is 87.5 Å². The number of nitrogens with two attached hydrogens (primary N) is 1. The summed E-state index contributed by atoms with van der Waals surface area (Å²) in [6.07, 6.45) is 6.09. The van der Waals surface area contributed by atoms with E-state index in [2.05, 4.69) is 22.8 Å². The van der Waals surface area contributed by atoms with Gasteiger partial charge < -0.3 is 10.6 Å². The van der Waals surface area contributed by atoms with Crippen LogP contribution in [0, 0.1) is 5.92 Å². The van der Waals surface area contributed by atoms with Gasteiger partial charge in [-0.15, -0.1) is 0 Å². The van der Waals surface area contributed by atoms with Crippen LogP contribution in [0.5, 0.6) is 0 Å². The molecule has 1 unspecified atom stereocenters. The molecule has 27 heavy (non-hydrogen) atoms. The van der Waals surface area contributed by atoms with Crippen molar-refractivity contribution in [2.45, 2.75) is 25.4 Å². The van der Waals surface area contributed by atoms with E-state index in [0.717, 1.165) is 45.7 Å². The number of fused-ring (bicyclic) bond motifs is 2. The SMILES string of the molecule is NN1C(=O)Cc2c(-c3ccc4c(c3)=CNC(NC(=O)C3CC3)C=4)cccc21. The zero-order chi connectivity index (χ0) is 18.5. The molecule has 0 spiro atoms. The van der Waals surface area contributed by atoms with Gasteiger partial charge in [0.15, 0.2) is 0 Å². The first-order chi connectivity index (χ1) is 13.1. The van der Waals surface area contributed by atoms with Gasteiger partial charge in [-0.05, 0) is 58.2 Å². The van der Waals surface area contributed by atoms with Crippen LogP contribution >= 0.6 is 0 Å². The van der Waals surface area contributed by atoms with Crippen molar-refractivity contribution >= 4 is 29.8 Å². The van der Waals surface area contributed by atoms with Gasteiger partial charge in [0.05, 0.1) is 12.1 Å². The summed E-state index contributed by atoms with van der Waals surface area (Å²) in [6, 6.07) is 12.0. The molecule has 0 bridgehead atoms. The monoisotopic (exact) mass is 360 g/mol. The number of hydrazine groups is 1. The molecule has 0 radical (unpaired) electrons. The van der Waals surface area contributed by atoms with Crippen LogP contribution in [0.2, 0.25) is 0 Å². The Morgan fingerprint density at radius 1 is 1.19 bits per heavy atom. The Hall–Kier alpha value is -3.12. The number of rotatable bonds is 3. The number of hydrogen-bond donors (Lipinski definition) is 3. The first-order valence-corrected chi connectivity index (χ1v) is 9.18. The number of benzene rings is 2. The fraction of sp³-hybridized carbons (Fsp3) is 0.238. The molecule has 2 aromatic carbocycles. The molecule has 1 saturated carbocycles. The number of nitrogens with zero attached hydrogens (tertiary/aromatic N) is 1. The first kappa shape index (κ1) is 16.1. The van der Waals surface area contributed by atoms with Gasteiger partial charge in [0.25, 0.3) is 0 Å². The Kier molecular flexibility index (Phi) is 3.55. The third kappa shape index (κ3) is 2.78. The minimum Gasteiger partial charge on any atom is -0.368 e. The standard InChI is InChI=1S/C21H20N4O2/c22-25-18-3-1-2-16(17(18)10-20(25)26)14-7-6-13-9-19(23-11-15(13)8-14)24-21(27)12-4-5-12/h1-3,6-9,11-12,19,23H,4-5,10,22H2,(H,24,27). The van der Waals surface area contributed by atoms with Crippen molar-refractivity contribution < 1.29 is 9.59 Å². The molecule has 2 aliphatic heterocycles. The molecule has 1 fully saturated rings. The van der Waals surface area contributed by atoms with Crippen molar-refractivity contribution in [3.8, 4) is 11.1 Å². The molecule has 1 aliphatic carbocycles. The smallest absolute Gasteiger partial charge is 0.245 e. The zero-order valence-electron chi connectivity index (χ0n) is 14.7. The van der Waals surface area contributed by atoms with Crippen molar-refractivity contribution in [3.63, 3.8) is 0 Å². The van der Waals surface area contributed by atoms with Gasteiger partial charge in [-0.1, -0.05) is 24.3 Å². The van der Waals surface area contributed by atoms with Crippen molar-refractivity contribution in [3.05, 3.63) is 52.4 Å². The van der Waals surface area contributed by atoms with Gasteiger partial charge in [-0.3, -0.25) is 9.59 Å². The van der Waals surface area contributed by atoms with Crippen LogP contribution in [0.4, 0.5) is 5.69 Å². The highest BCUT2D eigenvalue weighted by molar-refractivity contribution is 6.02. The molecule has 5 rings (SSSR count). The van der Waals surface area contributed by atoms with E-state index in [-0.39, 0.29) is 23.9 Å². The lowest BCUT2D eigenvalue weighted by molar-refractivity contribution is -0.122. The highest BCUT2D eigenvalue weighted by Gasteiger charge is 2.30. The summed E-state index contributed by atoms with van der Waals surface area (Å²) in [7, 11) is 0. The predicted molar refractivity (Wildman–Crippen MR) is 103 cm³/mol. The van der Waals surface area contributed by atoms with E-state index in [1.807, 2.05) is 36.5 Å². The predicted octanol–water partition coefficient (Wildman–Crippen LogP) is 0.0904. The summed E-state index contributed by atoms with van der Waals surface area (Å²) in [6.45, 7) is 0. The van der Waals surface area contributed by atoms with Crippen LogP contribution in [-0.2, 0) is 16.0 Å². The number of carbonyl (C=O) groups is 2. The van der Waals surface area contributed by atoms with E-state index in [0.29, 0.717) is 6.42 Å². The maximum atomic E-state index is 12.0. The van der Waals surface area contributed by atoms with Crippen LogP contribution in [0.1, 0.15) is 18.4 Å². The number of amides is 2. The summed E-state index contributed by atoms with van der Waals surface area (Å²) in [4.78, 5) is 23.9. The number of carbonyl (C=O) groups excluding carboxylic acids is 2. The summed E-state index contributed by atoms with van der Waals surface area (Å²) < 4.78 is 0. The molecule has 136 valence electrons. The molecular weight excluding hydrogens is 340 g/mol. The fourth-order valence-corrected chi connectivity index (χ4v) is 3.75. The lowest BCUT2D eigenvalue weighted by Gasteiger charge is -2.19. The maximum absolute atomic E-state index is 12.0. The molecule has 3 aliphatic rings.